The summed E-state index contributed by atoms with van der Waals surface area (Å²) < 4.78 is 6.26. The summed E-state index contributed by atoms with van der Waals surface area (Å²) >= 11 is 0. The number of ether oxygens (including phenoxy) is 1. The minimum Gasteiger partial charge on any atom is -0.487 e. The number of amides is 3. The van der Waals surface area contributed by atoms with Crippen molar-refractivity contribution in [2.75, 3.05) is 19.6 Å². The number of carbonyl (C=O) groups is 4. The van der Waals surface area contributed by atoms with Gasteiger partial charge in [0.25, 0.3) is 11.8 Å². The molecular weight excluding hydrogens is 412 g/mol. The first-order valence-corrected chi connectivity index (χ1v) is 10.6. The summed E-state index contributed by atoms with van der Waals surface area (Å²) in [6, 6.07) is 13.7. The molecule has 0 radical (unpaired) electrons. The van der Waals surface area contributed by atoms with Crippen molar-refractivity contribution in [2.24, 2.45) is 0 Å². The molecule has 0 aromatic heterocycles. The topological polar surface area (TPSA) is 104 Å². The Morgan fingerprint density at radius 1 is 0.969 bits per heavy atom. The van der Waals surface area contributed by atoms with Crippen LogP contribution in [-0.4, -0.2) is 63.8 Å². The second kappa shape index (κ2) is 7.47. The Morgan fingerprint density at radius 2 is 1.56 bits per heavy atom. The maximum Gasteiger partial charge on any atom is 0.311 e. The van der Waals surface area contributed by atoms with Crippen molar-refractivity contribution in [1.29, 1.82) is 0 Å². The van der Waals surface area contributed by atoms with Gasteiger partial charge in [0.05, 0.1) is 17.0 Å². The van der Waals surface area contributed by atoms with Crippen LogP contribution in [0.5, 0.6) is 5.75 Å². The van der Waals surface area contributed by atoms with E-state index in [-0.39, 0.29) is 12.5 Å². The number of carboxylic acids is 1. The van der Waals surface area contributed by atoms with Crippen LogP contribution in [0.15, 0.2) is 48.5 Å². The number of carbonyl (C=O) groups excluding carboxylic acids is 3. The van der Waals surface area contributed by atoms with Crippen LogP contribution in [0.2, 0.25) is 0 Å². The summed E-state index contributed by atoms with van der Waals surface area (Å²) in [5, 5.41) is 9.73. The molecule has 1 N–H and O–H groups in total. The van der Waals surface area contributed by atoms with E-state index < -0.39 is 29.3 Å². The van der Waals surface area contributed by atoms with Gasteiger partial charge in [-0.05, 0) is 18.2 Å². The van der Waals surface area contributed by atoms with Gasteiger partial charge in [0.1, 0.15) is 17.9 Å². The first kappa shape index (κ1) is 20.2. The molecule has 8 heteroatoms. The number of fused-ring (bicyclic) bond motifs is 2. The van der Waals surface area contributed by atoms with Gasteiger partial charge in [0.15, 0.2) is 0 Å². The molecule has 2 aromatic rings. The largest absolute Gasteiger partial charge is 0.487 e. The Labute approximate surface area is 184 Å². The van der Waals surface area contributed by atoms with Crippen molar-refractivity contribution in [2.45, 2.75) is 30.8 Å². The fraction of sp³-hybridized carbons (Fsp3) is 0.333. The molecule has 1 saturated heterocycles. The zero-order valence-corrected chi connectivity index (χ0v) is 17.3. The normalized spacial score (nSPS) is 21.2. The second-order valence-corrected chi connectivity index (χ2v) is 8.54. The van der Waals surface area contributed by atoms with E-state index in [9.17, 15) is 24.3 Å². The smallest absolute Gasteiger partial charge is 0.311 e. The molecule has 2 aromatic carbocycles. The van der Waals surface area contributed by atoms with Gasteiger partial charge in [0.2, 0.25) is 5.91 Å². The maximum atomic E-state index is 12.9. The number of nitrogens with zero attached hydrogens (tertiary/aromatic N) is 2. The molecule has 164 valence electrons. The predicted molar refractivity (Wildman–Crippen MR) is 112 cm³/mol. The van der Waals surface area contributed by atoms with Crippen molar-refractivity contribution >= 4 is 23.7 Å². The fourth-order valence-electron chi connectivity index (χ4n) is 4.93. The molecule has 3 aliphatic rings. The summed E-state index contributed by atoms with van der Waals surface area (Å²) in [7, 11) is 0. The lowest BCUT2D eigenvalue weighted by molar-refractivity contribution is -0.144. The van der Waals surface area contributed by atoms with Gasteiger partial charge in [-0.25, -0.2) is 0 Å². The Kier molecular flexibility index (Phi) is 4.73. The van der Waals surface area contributed by atoms with Gasteiger partial charge < -0.3 is 14.7 Å². The highest BCUT2D eigenvalue weighted by Crippen LogP contribution is 2.45. The third-order valence-electron chi connectivity index (χ3n) is 6.69. The molecule has 5 rings (SSSR count). The van der Waals surface area contributed by atoms with Crippen LogP contribution in [0.4, 0.5) is 0 Å². The Hall–Kier alpha value is -3.68. The van der Waals surface area contributed by atoms with Crippen LogP contribution < -0.4 is 4.74 Å². The number of carboxylic acid groups (broad SMARTS) is 1. The minimum atomic E-state index is -0.885. The average molecular weight is 434 g/mol. The molecule has 1 fully saturated rings. The Bertz CT molecular complexity index is 1100. The first-order chi connectivity index (χ1) is 15.4. The molecule has 0 aliphatic carbocycles. The highest BCUT2D eigenvalue weighted by Gasteiger charge is 2.46. The molecule has 8 nitrogen and oxygen atoms in total. The molecule has 1 spiro atoms. The summed E-state index contributed by atoms with van der Waals surface area (Å²) in [5.41, 5.74) is 0.660. The van der Waals surface area contributed by atoms with E-state index in [0.717, 1.165) is 4.90 Å². The molecule has 3 aliphatic heterocycles. The van der Waals surface area contributed by atoms with E-state index in [1.807, 2.05) is 6.07 Å². The zero-order valence-electron chi connectivity index (χ0n) is 17.3. The predicted octanol–water partition coefficient (Wildman–Crippen LogP) is 2.29. The highest BCUT2D eigenvalue weighted by molar-refractivity contribution is 6.22. The van der Waals surface area contributed by atoms with Crippen LogP contribution in [-0.2, 0) is 9.59 Å². The molecule has 3 amide bonds. The SMILES string of the molecule is O=C(O)C1CC2(CCN(C(=O)CN3C(=O)c4ccccc4C3=O)CC2)Oc2ccccc21. The number of piperidine rings is 1. The lowest BCUT2D eigenvalue weighted by Crippen LogP contribution is -2.54. The molecule has 32 heavy (non-hydrogen) atoms. The number of hydrogen-bond acceptors (Lipinski definition) is 5. The number of aliphatic carboxylic acids is 1. The first-order valence-electron chi connectivity index (χ1n) is 10.6. The highest BCUT2D eigenvalue weighted by atomic mass is 16.5. The van der Waals surface area contributed by atoms with Gasteiger partial charge in [0, 0.05) is 37.9 Å². The number of likely N-dealkylation sites (tertiary alicyclic amines) is 1. The van der Waals surface area contributed by atoms with Gasteiger partial charge in [-0.2, -0.15) is 0 Å². The van der Waals surface area contributed by atoms with Crippen molar-refractivity contribution in [1.82, 2.24) is 9.80 Å². The standard InChI is InChI=1S/C24H22N2O6/c27-20(14-26-21(28)16-6-1-2-7-17(16)22(26)29)25-11-9-24(10-12-25)13-18(23(30)31)15-5-3-4-8-19(15)32-24/h1-8,18H,9-14H2,(H,30,31). The quantitative estimate of drug-likeness (QED) is 0.744. The van der Waals surface area contributed by atoms with E-state index in [1.165, 1.54) is 0 Å². The summed E-state index contributed by atoms with van der Waals surface area (Å²) in [5.74, 6) is -2.17. The molecule has 1 unspecified atom stereocenters. The van der Waals surface area contributed by atoms with E-state index in [4.69, 9.17) is 4.74 Å². The fourth-order valence-corrected chi connectivity index (χ4v) is 4.93. The number of imide groups is 1. The lowest BCUT2D eigenvalue weighted by Gasteiger charge is -2.46. The van der Waals surface area contributed by atoms with Crippen molar-refractivity contribution < 1.29 is 29.0 Å². The maximum absolute atomic E-state index is 12.9. The van der Waals surface area contributed by atoms with Gasteiger partial charge in [-0.1, -0.05) is 30.3 Å². The van der Waals surface area contributed by atoms with Crippen LogP contribution in [0, 0.1) is 0 Å². The average Bonchev–Trinajstić information content (AvgIpc) is 3.04. The third kappa shape index (κ3) is 3.23. The molecular formula is C24H22N2O6. The zero-order chi connectivity index (χ0) is 22.5. The third-order valence-corrected chi connectivity index (χ3v) is 6.69. The van der Waals surface area contributed by atoms with Gasteiger partial charge in [-0.3, -0.25) is 24.1 Å². The molecule has 1 atom stereocenters. The van der Waals surface area contributed by atoms with Crippen LogP contribution >= 0.6 is 0 Å². The second-order valence-electron chi connectivity index (χ2n) is 8.54. The van der Waals surface area contributed by atoms with Crippen molar-refractivity contribution in [3.8, 4) is 5.75 Å². The van der Waals surface area contributed by atoms with E-state index >= 15 is 0 Å². The van der Waals surface area contributed by atoms with Crippen LogP contribution in [0.1, 0.15) is 51.5 Å². The minimum absolute atomic E-state index is 0.305. The van der Waals surface area contributed by atoms with Gasteiger partial charge in [-0.15, -0.1) is 0 Å². The molecule has 3 heterocycles. The van der Waals surface area contributed by atoms with Gasteiger partial charge >= 0.3 is 5.97 Å². The summed E-state index contributed by atoms with van der Waals surface area (Å²) in [6.45, 7) is 0.438. The monoisotopic (exact) mass is 434 g/mol. The van der Waals surface area contributed by atoms with E-state index in [1.54, 1.807) is 47.4 Å². The Balaban J connectivity index is 1.26. The number of benzene rings is 2. The number of para-hydroxylation sites is 1. The van der Waals surface area contributed by atoms with Crippen LogP contribution in [0.25, 0.3) is 0 Å². The Morgan fingerprint density at radius 3 is 2.19 bits per heavy atom. The molecule has 0 saturated carbocycles. The number of hydrogen-bond donors (Lipinski definition) is 1. The summed E-state index contributed by atoms with van der Waals surface area (Å²) in [6.07, 6.45) is 1.32. The number of rotatable bonds is 3. The van der Waals surface area contributed by atoms with E-state index in [0.29, 0.717) is 54.8 Å². The van der Waals surface area contributed by atoms with Crippen molar-refractivity contribution in [3.63, 3.8) is 0 Å². The van der Waals surface area contributed by atoms with Crippen LogP contribution in [0.3, 0.4) is 0 Å². The van der Waals surface area contributed by atoms with E-state index in [2.05, 4.69) is 0 Å². The molecule has 0 bridgehead atoms. The lowest BCUT2D eigenvalue weighted by atomic mass is 9.77. The van der Waals surface area contributed by atoms with Crippen molar-refractivity contribution in [3.05, 3.63) is 65.2 Å². The summed E-state index contributed by atoms with van der Waals surface area (Å²) in [4.78, 5) is 52.5.